The standard InChI is InChI=1S/C13H16N4O2/c1-3-8-7-15-17-12(8)16-13(18)9-4-10(14)6-11(5-9)19-2/h4-7H,3,14H2,1-2H3,(H2,15,16,17,18). The number of hydrogen-bond donors (Lipinski definition) is 3. The molecule has 0 atom stereocenters. The van der Waals surface area contributed by atoms with Gasteiger partial charge < -0.3 is 15.8 Å². The molecular weight excluding hydrogens is 244 g/mol. The van der Waals surface area contributed by atoms with Gasteiger partial charge in [0.15, 0.2) is 0 Å². The Labute approximate surface area is 111 Å². The molecular formula is C13H16N4O2. The number of methoxy groups -OCH3 is 1. The maximum absolute atomic E-state index is 12.1. The lowest BCUT2D eigenvalue weighted by molar-refractivity contribution is 0.102. The highest BCUT2D eigenvalue weighted by atomic mass is 16.5. The van der Waals surface area contributed by atoms with Crippen molar-refractivity contribution in [1.82, 2.24) is 10.2 Å². The molecule has 0 radical (unpaired) electrons. The molecule has 1 amide bonds. The van der Waals surface area contributed by atoms with Crippen molar-refractivity contribution in [3.63, 3.8) is 0 Å². The van der Waals surface area contributed by atoms with Crippen molar-refractivity contribution in [2.45, 2.75) is 13.3 Å². The molecule has 1 aromatic carbocycles. The molecule has 0 aliphatic rings. The first-order valence-corrected chi connectivity index (χ1v) is 5.92. The molecule has 6 nitrogen and oxygen atoms in total. The number of nitrogens with one attached hydrogen (secondary N) is 2. The zero-order valence-electron chi connectivity index (χ0n) is 10.9. The number of benzene rings is 1. The number of ether oxygens (including phenoxy) is 1. The van der Waals surface area contributed by atoms with E-state index in [2.05, 4.69) is 15.5 Å². The molecule has 6 heteroatoms. The van der Waals surface area contributed by atoms with E-state index in [4.69, 9.17) is 10.5 Å². The van der Waals surface area contributed by atoms with Crippen LogP contribution in [0, 0.1) is 0 Å². The van der Waals surface area contributed by atoms with Crippen LogP contribution in [-0.2, 0) is 6.42 Å². The lowest BCUT2D eigenvalue weighted by Crippen LogP contribution is -2.13. The minimum Gasteiger partial charge on any atom is -0.497 e. The molecule has 0 unspecified atom stereocenters. The van der Waals surface area contributed by atoms with Gasteiger partial charge in [0.2, 0.25) is 0 Å². The number of nitrogens with two attached hydrogens (primary N) is 1. The number of amides is 1. The number of carbonyl (C=O) groups excluding carboxylic acids is 1. The minimum absolute atomic E-state index is 0.260. The van der Waals surface area contributed by atoms with Crippen molar-refractivity contribution in [2.24, 2.45) is 0 Å². The van der Waals surface area contributed by atoms with E-state index in [1.165, 1.54) is 7.11 Å². The SMILES string of the molecule is CCc1cn[nH]c1NC(=O)c1cc(N)cc(OC)c1. The molecule has 100 valence electrons. The van der Waals surface area contributed by atoms with E-state index in [9.17, 15) is 4.79 Å². The zero-order chi connectivity index (χ0) is 13.8. The Bertz CT molecular complexity index is 592. The first-order chi connectivity index (χ1) is 9.13. The Balaban J connectivity index is 2.22. The highest BCUT2D eigenvalue weighted by Crippen LogP contribution is 2.20. The number of carbonyl (C=O) groups is 1. The summed E-state index contributed by atoms with van der Waals surface area (Å²) in [6, 6.07) is 4.89. The Morgan fingerprint density at radius 1 is 1.47 bits per heavy atom. The quantitative estimate of drug-likeness (QED) is 0.731. The second kappa shape index (κ2) is 5.43. The fourth-order valence-electron chi connectivity index (χ4n) is 1.74. The zero-order valence-corrected chi connectivity index (χ0v) is 10.9. The normalized spacial score (nSPS) is 10.2. The van der Waals surface area contributed by atoms with E-state index in [0.29, 0.717) is 22.8 Å². The van der Waals surface area contributed by atoms with E-state index in [1.54, 1.807) is 24.4 Å². The predicted octanol–water partition coefficient (Wildman–Crippen LogP) is 1.82. The van der Waals surface area contributed by atoms with E-state index in [-0.39, 0.29) is 5.91 Å². The first kappa shape index (κ1) is 12.9. The molecule has 1 aromatic heterocycles. The van der Waals surface area contributed by atoms with Gasteiger partial charge in [0.25, 0.3) is 5.91 Å². The van der Waals surface area contributed by atoms with Crippen molar-refractivity contribution in [2.75, 3.05) is 18.2 Å². The fraction of sp³-hybridized carbons (Fsp3) is 0.231. The van der Waals surface area contributed by atoms with Gasteiger partial charge in [-0.15, -0.1) is 0 Å². The molecule has 2 rings (SSSR count). The van der Waals surface area contributed by atoms with Crippen molar-refractivity contribution in [3.8, 4) is 5.75 Å². The van der Waals surface area contributed by atoms with Crippen molar-refractivity contribution < 1.29 is 9.53 Å². The van der Waals surface area contributed by atoms with Crippen LogP contribution >= 0.6 is 0 Å². The summed E-state index contributed by atoms with van der Waals surface area (Å²) in [5.41, 5.74) is 7.59. The Morgan fingerprint density at radius 3 is 2.95 bits per heavy atom. The number of hydrogen-bond acceptors (Lipinski definition) is 4. The molecule has 4 N–H and O–H groups in total. The van der Waals surface area contributed by atoms with Crippen LogP contribution in [0.1, 0.15) is 22.8 Å². The molecule has 0 saturated heterocycles. The van der Waals surface area contributed by atoms with Crippen LogP contribution in [-0.4, -0.2) is 23.2 Å². The topological polar surface area (TPSA) is 93.0 Å². The molecule has 0 aliphatic heterocycles. The summed E-state index contributed by atoms with van der Waals surface area (Å²) >= 11 is 0. The molecule has 0 saturated carbocycles. The molecule has 0 bridgehead atoms. The number of aromatic nitrogens is 2. The highest BCUT2D eigenvalue weighted by molar-refractivity contribution is 6.04. The van der Waals surface area contributed by atoms with Crippen LogP contribution in [0.2, 0.25) is 0 Å². The van der Waals surface area contributed by atoms with Gasteiger partial charge in [-0.1, -0.05) is 6.92 Å². The summed E-state index contributed by atoms with van der Waals surface area (Å²) in [6.07, 6.45) is 2.47. The smallest absolute Gasteiger partial charge is 0.257 e. The maximum atomic E-state index is 12.1. The number of aromatic amines is 1. The second-order valence-corrected chi connectivity index (χ2v) is 4.07. The average molecular weight is 260 g/mol. The van der Waals surface area contributed by atoms with Gasteiger partial charge in [-0.25, -0.2) is 0 Å². The van der Waals surface area contributed by atoms with E-state index < -0.39 is 0 Å². The lowest BCUT2D eigenvalue weighted by Gasteiger charge is -2.07. The van der Waals surface area contributed by atoms with Crippen LogP contribution in [0.15, 0.2) is 24.4 Å². The molecule has 19 heavy (non-hydrogen) atoms. The molecule has 1 heterocycles. The Kier molecular flexibility index (Phi) is 3.70. The second-order valence-electron chi connectivity index (χ2n) is 4.07. The van der Waals surface area contributed by atoms with Gasteiger partial charge in [-0.3, -0.25) is 9.89 Å². The Morgan fingerprint density at radius 2 is 2.26 bits per heavy atom. The number of nitrogen functional groups attached to an aromatic ring is 1. The van der Waals surface area contributed by atoms with Gasteiger partial charge >= 0.3 is 0 Å². The lowest BCUT2D eigenvalue weighted by atomic mass is 10.1. The van der Waals surface area contributed by atoms with Crippen molar-refractivity contribution >= 4 is 17.4 Å². The summed E-state index contributed by atoms with van der Waals surface area (Å²) in [5.74, 6) is 0.893. The van der Waals surface area contributed by atoms with Gasteiger partial charge in [0.1, 0.15) is 11.6 Å². The molecule has 0 aliphatic carbocycles. The van der Waals surface area contributed by atoms with Crippen LogP contribution in [0.25, 0.3) is 0 Å². The van der Waals surface area contributed by atoms with Crippen LogP contribution in [0.5, 0.6) is 5.75 Å². The molecule has 2 aromatic rings. The minimum atomic E-state index is -0.260. The number of anilines is 2. The third-order valence-electron chi connectivity index (χ3n) is 2.76. The maximum Gasteiger partial charge on any atom is 0.257 e. The summed E-state index contributed by atoms with van der Waals surface area (Å²) in [7, 11) is 1.53. The summed E-state index contributed by atoms with van der Waals surface area (Å²) in [6.45, 7) is 1.99. The van der Waals surface area contributed by atoms with Gasteiger partial charge in [0.05, 0.1) is 13.3 Å². The van der Waals surface area contributed by atoms with Gasteiger partial charge in [0, 0.05) is 22.9 Å². The summed E-state index contributed by atoms with van der Waals surface area (Å²) < 4.78 is 5.09. The summed E-state index contributed by atoms with van der Waals surface area (Å²) in [5, 5.41) is 9.43. The van der Waals surface area contributed by atoms with Gasteiger partial charge in [-0.2, -0.15) is 5.10 Å². The molecule has 0 spiro atoms. The largest absolute Gasteiger partial charge is 0.497 e. The third kappa shape index (κ3) is 2.85. The van der Waals surface area contributed by atoms with Gasteiger partial charge in [-0.05, 0) is 18.6 Å². The monoisotopic (exact) mass is 260 g/mol. The highest BCUT2D eigenvalue weighted by Gasteiger charge is 2.11. The summed E-state index contributed by atoms with van der Waals surface area (Å²) in [4.78, 5) is 12.1. The van der Waals surface area contributed by atoms with Crippen LogP contribution in [0.4, 0.5) is 11.5 Å². The van der Waals surface area contributed by atoms with Crippen LogP contribution in [0.3, 0.4) is 0 Å². The predicted molar refractivity (Wildman–Crippen MR) is 73.3 cm³/mol. The number of aryl methyl sites for hydroxylation is 1. The number of rotatable bonds is 4. The fourth-order valence-corrected chi connectivity index (χ4v) is 1.74. The van der Waals surface area contributed by atoms with E-state index in [1.807, 2.05) is 6.92 Å². The Hall–Kier alpha value is -2.50. The van der Waals surface area contributed by atoms with Crippen molar-refractivity contribution in [1.29, 1.82) is 0 Å². The number of H-pyrrole nitrogens is 1. The van der Waals surface area contributed by atoms with E-state index >= 15 is 0 Å². The van der Waals surface area contributed by atoms with Crippen LogP contribution < -0.4 is 15.8 Å². The third-order valence-corrected chi connectivity index (χ3v) is 2.76. The average Bonchev–Trinajstić information content (AvgIpc) is 2.85. The van der Waals surface area contributed by atoms with E-state index in [0.717, 1.165) is 12.0 Å². The first-order valence-electron chi connectivity index (χ1n) is 5.92. The number of nitrogens with zero attached hydrogens (tertiary/aromatic N) is 1. The van der Waals surface area contributed by atoms with Crippen molar-refractivity contribution in [3.05, 3.63) is 35.5 Å². The molecule has 0 fully saturated rings.